The van der Waals surface area contributed by atoms with Gasteiger partial charge in [0.25, 0.3) is 0 Å². The van der Waals surface area contributed by atoms with E-state index in [4.69, 9.17) is 8.83 Å². The van der Waals surface area contributed by atoms with Gasteiger partial charge in [0.05, 0.1) is 22.1 Å². The van der Waals surface area contributed by atoms with Crippen molar-refractivity contribution in [1.29, 1.82) is 0 Å². The lowest BCUT2D eigenvalue weighted by molar-refractivity contribution is 0.669. The lowest BCUT2D eigenvalue weighted by Crippen LogP contribution is -2.10. The van der Waals surface area contributed by atoms with Crippen LogP contribution in [0.2, 0.25) is 0 Å². The Hall–Kier alpha value is -7.56. The second kappa shape index (κ2) is 12.0. The van der Waals surface area contributed by atoms with E-state index in [1.54, 1.807) is 0 Å². The average molecular weight is 717 g/mol. The summed E-state index contributed by atoms with van der Waals surface area (Å²) in [6.45, 7) is 0. The maximum atomic E-state index is 6.70. The molecule has 4 nitrogen and oxygen atoms in total. The zero-order chi connectivity index (χ0) is 36.7. The van der Waals surface area contributed by atoms with E-state index in [2.05, 4.69) is 191 Å². The summed E-state index contributed by atoms with van der Waals surface area (Å²) in [4.78, 5) is 2.37. The summed E-state index contributed by atoms with van der Waals surface area (Å²) < 4.78 is 15.2. The monoisotopic (exact) mass is 716 g/mol. The van der Waals surface area contributed by atoms with Gasteiger partial charge in [-0.2, -0.15) is 0 Å². The standard InChI is InChI=1S/C52H32N2O2/c1-2-14-39-33(11-1)23-29-43-51-47(20-10-22-50(51)56-52(39)43)53(36-25-27-37(28-26-36)54-45-18-6-3-15-40(45)41-16-4-7-19-46(41)54)38-13-9-12-34(31-38)35-24-30-49-44(32-35)42-17-5-8-21-48(42)55-49/h1-32H. The quantitative estimate of drug-likeness (QED) is 0.178. The Morgan fingerprint density at radius 3 is 1.86 bits per heavy atom. The number of benzene rings is 9. The lowest BCUT2D eigenvalue weighted by atomic mass is 10.0. The zero-order valence-electron chi connectivity index (χ0n) is 30.2. The maximum absolute atomic E-state index is 6.70. The van der Waals surface area contributed by atoms with Crippen molar-refractivity contribution in [2.45, 2.75) is 0 Å². The summed E-state index contributed by atoms with van der Waals surface area (Å²) in [7, 11) is 0. The minimum absolute atomic E-state index is 0.856. The number of furan rings is 2. The van der Waals surface area contributed by atoms with Crippen molar-refractivity contribution in [1.82, 2.24) is 4.57 Å². The van der Waals surface area contributed by atoms with Gasteiger partial charge in [-0.25, -0.2) is 0 Å². The van der Waals surface area contributed by atoms with Crippen molar-refractivity contribution < 1.29 is 8.83 Å². The second-order valence-electron chi connectivity index (χ2n) is 14.5. The Labute approximate surface area is 321 Å². The van der Waals surface area contributed by atoms with Crippen LogP contribution in [0.3, 0.4) is 0 Å². The zero-order valence-corrected chi connectivity index (χ0v) is 30.2. The van der Waals surface area contributed by atoms with Crippen LogP contribution in [0.25, 0.3) is 93.3 Å². The van der Waals surface area contributed by atoms with E-state index in [0.717, 1.165) is 88.5 Å². The van der Waals surface area contributed by atoms with E-state index in [0.29, 0.717) is 0 Å². The van der Waals surface area contributed by atoms with Gasteiger partial charge in [-0.05, 0) is 101 Å². The number of hydrogen-bond donors (Lipinski definition) is 0. The fraction of sp³-hybridized carbons (Fsp3) is 0. The molecule has 12 rings (SSSR count). The summed E-state index contributed by atoms with van der Waals surface area (Å²) in [5.41, 5.74) is 12.4. The van der Waals surface area contributed by atoms with Crippen LogP contribution in [0.4, 0.5) is 17.1 Å². The van der Waals surface area contributed by atoms with E-state index in [9.17, 15) is 0 Å². The summed E-state index contributed by atoms with van der Waals surface area (Å²) in [6.07, 6.45) is 0. The number of fused-ring (bicyclic) bond motifs is 11. The van der Waals surface area contributed by atoms with Crippen molar-refractivity contribution in [3.05, 3.63) is 194 Å². The highest BCUT2D eigenvalue weighted by atomic mass is 16.3. The predicted octanol–water partition coefficient (Wildman–Crippen LogP) is 14.9. The molecule has 3 heterocycles. The number of hydrogen-bond acceptors (Lipinski definition) is 3. The van der Waals surface area contributed by atoms with Gasteiger partial charge < -0.3 is 18.3 Å². The van der Waals surface area contributed by atoms with Crippen molar-refractivity contribution in [2.75, 3.05) is 4.90 Å². The van der Waals surface area contributed by atoms with E-state index in [1.165, 1.54) is 21.8 Å². The highest BCUT2D eigenvalue weighted by Gasteiger charge is 2.21. The molecule has 0 aliphatic rings. The van der Waals surface area contributed by atoms with Gasteiger partial charge in [0.2, 0.25) is 0 Å². The van der Waals surface area contributed by atoms with E-state index < -0.39 is 0 Å². The highest BCUT2D eigenvalue weighted by molar-refractivity contribution is 6.19. The summed E-state index contributed by atoms with van der Waals surface area (Å²) in [5, 5.41) is 9.17. The molecule has 0 saturated heterocycles. The van der Waals surface area contributed by atoms with Crippen LogP contribution < -0.4 is 4.90 Å². The van der Waals surface area contributed by atoms with Crippen LogP contribution in [0.1, 0.15) is 0 Å². The van der Waals surface area contributed by atoms with Gasteiger partial charge in [0.1, 0.15) is 22.3 Å². The third-order valence-electron chi connectivity index (χ3n) is 11.4. The molecule has 9 aromatic carbocycles. The Morgan fingerprint density at radius 1 is 0.375 bits per heavy atom. The molecule has 0 aliphatic heterocycles. The molecule has 0 aliphatic carbocycles. The first-order valence-corrected chi connectivity index (χ1v) is 19.0. The lowest BCUT2D eigenvalue weighted by Gasteiger charge is -2.27. The Kier molecular flexibility index (Phi) is 6.60. The van der Waals surface area contributed by atoms with Gasteiger partial charge in [-0.1, -0.05) is 109 Å². The van der Waals surface area contributed by atoms with E-state index in [1.807, 2.05) is 12.1 Å². The van der Waals surface area contributed by atoms with Crippen LogP contribution in [0.5, 0.6) is 0 Å². The molecule has 0 bridgehead atoms. The van der Waals surface area contributed by atoms with Crippen LogP contribution in [0, 0.1) is 0 Å². The molecule has 0 saturated carbocycles. The first kappa shape index (κ1) is 30.9. The normalized spacial score (nSPS) is 11.9. The molecule has 4 heteroatoms. The molecule has 0 amide bonds. The fourth-order valence-corrected chi connectivity index (χ4v) is 8.83. The van der Waals surface area contributed by atoms with E-state index in [-0.39, 0.29) is 0 Å². The van der Waals surface area contributed by atoms with Gasteiger partial charge in [0.15, 0.2) is 0 Å². The number of nitrogens with zero attached hydrogens (tertiary/aromatic N) is 2. The number of rotatable bonds is 5. The maximum Gasteiger partial charge on any atom is 0.143 e. The summed E-state index contributed by atoms with van der Waals surface area (Å²) in [5.74, 6) is 0. The van der Waals surface area contributed by atoms with Crippen molar-refractivity contribution >= 4 is 93.5 Å². The minimum Gasteiger partial charge on any atom is -0.456 e. The van der Waals surface area contributed by atoms with Gasteiger partial charge in [-0.3, -0.25) is 0 Å². The molecule has 0 fully saturated rings. The van der Waals surface area contributed by atoms with Gasteiger partial charge in [0, 0.05) is 49.4 Å². The van der Waals surface area contributed by atoms with Crippen LogP contribution in [0.15, 0.2) is 203 Å². The SMILES string of the molecule is c1cc(-c2ccc3oc4ccccc4c3c2)cc(N(c2ccc(-n3c4ccccc4c4ccccc43)cc2)c2cccc3oc4c5ccccc5ccc4c23)c1. The Balaban J connectivity index is 1.07. The molecule has 0 N–H and O–H groups in total. The number of aromatic nitrogens is 1. The Bertz CT molecular complexity index is 3440. The molecule has 12 aromatic rings. The topological polar surface area (TPSA) is 34.5 Å². The highest BCUT2D eigenvalue weighted by Crippen LogP contribution is 2.45. The van der Waals surface area contributed by atoms with Crippen LogP contribution in [-0.4, -0.2) is 4.57 Å². The van der Waals surface area contributed by atoms with Crippen LogP contribution >= 0.6 is 0 Å². The molecule has 262 valence electrons. The fourth-order valence-electron chi connectivity index (χ4n) is 8.83. The molecule has 56 heavy (non-hydrogen) atoms. The van der Waals surface area contributed by atoms with Gasteiger partial charge in [-0.15, -0.1) is 0 Å². The first-order valence-electron chi connectivity index (χ1n) is 19.0. The molecule has 3 aromatic heterocycles. The molecule has 0 atom stereocenters. The average Bonchev–Trinajstić information content (AvgIpc) is 3.94. The second-order valence-corrected chi connectivity index (χ2v) is 14.5. The Morgan fingerprint density at radius 2 is 1.04 bits per heavy atom. The largest absolute Gasteiger partial charge is 0.456 e. The third-order valence-corrected chi connectivity index (χ3v) is 11.4. The molecule has 0 spiro atoms. The first-order chi connectivity index (χ1) is 27.8. The molecular formula is C52H32N2O2. The third kappa shape index (κ3) is 4.60. The molecule has 0 unspecified atom stereocenters. The molecular weight excluding hydrogens is 685 g/mol. The van der Waals surface area contributed by atoms with Crippen LogP contribution in [-0.2, 0) is 0 Å². The number of anilines is 3. The predicted molar refractivity (Wildman–Crippen MR) is 233 cm³/mol. The summed E-state index contributed by atoms with van der Waals surface area (Å²) >= 11 is 0. The summed E-state index contributed by atoms with van der Waals surface area (Å²) in [6, 6.07) is 69.1. The van der Waals surface area contributed by atoms with Crippen molar-refractivity contribution in [2.24, 2.45) is 0 Å². The minimum atomic E-state index is 0.856. The number of para-hydroxylation sites is 3. The molecule has 0 radical (unpaired) electrons. The van der Waals surface area contributed by atoms with Crippen molar-refractivity contribution in [3.63, 3.8) is 0 Å². The smallest absolute Gasteiger partial charge is 0.143 e. The van der Waals surface area contributed by atoms with Gasteiger partial charge >= 0.3 is 0 Å². The van der Waals surface area contributed by atoms with Crippen molar-refractivity contribution in [3.8, 4) is 16.8 Å². The van der Waals surface area contributed by atoms with E-state index >= 15 is 0 Å².